The van der Waals surface area contributed by atoms with E-state index >= 15 is 0 Å². The van der Waals surface area contributed by atoms with Crippen molar-refractivity contribution < 1.29 is 4.79 Å². The summed E-state index contributed by atoms with van der Waals surface area (Å²) in [5.41, 5.74) is 5.68. The highest BCUT2D eigenvalue weighted by Gasteiger charge is 2.10. The lowest BCUT2D eigenvalue weighted by molar-refractivity contribution is -0.119. The summed E-state index contributed by atoms with van der Waals surface area (Å²) in [6.07, 6.45) is 0. The summed E-state index contributed by atoms with van der Waals surface area (Å²) in [6, 6.07) is 1.99. The van der Waals surface area contributed by atoms with Gasteiger partial charge in [0.05, 0.1) is 11.9 Å². The molecule has 0 saturated heterocycles. The number of carbonyl (C=O) groups excluding carboxylic acids is 1. The fraction of sp³-hybridized carbons (Fsp3) is 0.462. The van der Waals surface area contributed by atoms with Gasteiger partial charge in [0.1, 0.15) is 10.6 Å². The third-order valence-corrected chi connectivity index (χ3v) is 3.60. The minimum Gasteiger partial charge on any atom is -0.368 e. The lowest BCUT2D eigenvalue weighted by Crippen LogP contribution is -2.32. The first-order chi connectivity index (χ1) is 9.45. The largest absolute Gasteiger partial charge is 0.368 e. The Kier molecular flexibility index (Phi) is 4.39. The SMILES string of the molecule is Cc1cc2c(NCC(=O)NCC(C)C)nc(N)nc2s1. The molecule has 2 heterocycles. The number of aryl methyl sites for hydroxylation is 1. The number of hydrogen-bond donors (Lipinski definition) is 3. The molecule has 2 aromatic heterocycles. The second-order valence-corrected chi connectivity index (χ2v) is 6.29. The Morgan fingerprint density at radius 2 is 2.20 bits per heavy atom. The predicted molar refractivity (Wildman–Crippen MR) is 82.9 cm³/mol. The van der Waals surface area contributed by atoms with E-state index in [1.807, 2.05) is 13.0 Å². The van der Waals surface area contributed by atoms with Crippen LogP contribution in [0.1, 0.15) is 18.7 Å². The van der Waals surface area contributed by atoms with Gasteiger partial charge in [0.15, 0.2) is 0 Å². The number of hydrogen-bond acceptors (Lipinski definition) is 6. The van der Waals surface area contributed by atoms with Crippen molar-refractivity contribution >= 4 is 39.2 Å². The first kappa shape index (κ1) is 14.5. The van der Waals surface area contributed by atoms with Crippen LogP contribution in [0.3, 0.4) is 0 Å². The fourth-order valence-corrected chi connectivity index (χ4v) is 2.62. The van der Waals surface area contributed by atoms with Gasteiger partial charge in [-0.15, -0.1) is 11.3 Å². The van der Waals surface area contributed by atoms with Crippen LogP contribution in [0.2, 0.25) is 0 Å². The summed E-state index contributed by atoms with van der Waals surface area (Å²) in [4.78, 5) is 22.0. The molecular formula is C13H19N5OS. The molecule has 2 aromatic rings. The van der Waals surface area contributed by atoms with Gasteiger partial charge in [-0.05, 0) is 18.9 Å². The average molecular weight is 293 g/mol. The Balaban J connectivity index is 2.07. The molecule has 1 amide bonds. The van der Waals surface area contributed by atoms with Crippen LogP contribution < -0.4 is 16.4 Å². The monoisotopic (exact) mass is 293 g/mol. The predicted octanol–water partition coefficient (Wildman–Crippen LogP) is 1.77. The van der Waals surface area contributed by atoms with E-state index in [-0.39, 0.29) is 18.4 Å². The topological polar surface area (TPSA) is 92.9 Å². The van der Waals surface area contributed by atoms with Crippen LogP contribution in [0.25, 0.3) is 10.2 Å². The molecule has 0 aromatic carbocycles. The van der Waals surface area contributed by atoms with E-state index in [4.69, 9.17) is 5.73 Å². The van der Waals surface area contributed by atoms with Crippen molar-refractivity contribution in [2.45, 2.75) is 20.8 Å². The first-order valence-electron chi connectivity index (χ1n) is 6.50. The maximum atomic E-state index is 11.7. The van der Waals surface area contributed by atoms with E-state index in [2.05, 4.69) is 34.4 Å². The maximum Gasteiger partial charge on any atom is 0.239 e. The standard InChI is InChI=1S/C13H19N5OS/c1-7(2)5-15-10(19)6-16-11-9-4-8(3)20-12(9)18-13(14)17-11/h4,7H,5-6H2,1-3H3,(H,15,19)(H3,14,16,17,18). The third-order valence-electron chi connectivity index (χ3n) is 2.66. The molecule has 7 heteroatoms. The van der Waals surface area contributed by atoms with Gasteiger partial charge in [-0.3, -0.25) is 4.79 Å². The number of aromatic nitrogens is 2. The van der Waals surface area contributed by atoms with Gasteiger partial charge in [0, 0.05) is 11.4 Å². The summed E-state index contributed by atoms with van der Waals surface area (Å²) >= 11 is 1.56. The zero-order valence-corrected chi connectivity index (χ0v) is 12.7. The number of rotatable bonds is 5. The molecule has 0 atom stereocenters. The quantitative estimate of drug-likeness (QED) is 0.781. The summed E-state index contributed by atoms with van der Waals surface area (Å²) in [6.45, 7) is 6.95. The number of anilines is 2. The number of nitrogens with zero attached hydrogens (tertiary/aromatic N) is 2. The lowest BCUT2D eigenvalue weighted by atomic mass is 10.2. The summed E-state index contributed by atoms with van der Waals surface area (Å²) in [7, 11) is 0. The van der Waals surface area contributed by atoms with E-state index in [1.54, 1.807) is 11.3 Å². The molecule has 0 aliphatic carbocycles. The van der Waals surface area contributed by atoms with Gasteiger partial charge in [-0.2, -0.15) is 4.98 Å². The molecule has 0 radical (unpaired) electrons. The van der Waals surface area contributed by atoms with Gasteiger partial charge >= 0.3 is 0 Å². The average Bonchev–Trinajstić information content (AvgIpc) is 2.73. The smallest absolute Gasteiger partial charge is 0.239 e. The van der Waals surface area contributed by atoms with E-state index in [1.165, 1.54) is 0 Å². The zero-order chi connectivity index (χ0) is 14.7. The fourth-order valence-electron chi connectivity index (χ4n) is 1.74. The van der Waals surface area contributed by atoms with Crippen molar-refractivity contribution in [1.29, 1.82) is 0 Å². The highest BCUT2D eigenvalue weighted by molar-refractivity contribution is 7.18. The van der Waals surface area contributed by atoms with Crippen LogP contribution in [0.15, 0.2) is 6.07 Å². The first-order valence-corrected chi connectivity index (χ1v) is 7.31. The zero-order valence-electron chi connectivity index (χ0n) is 11.9. The van der Waals surface area contributed by atoms with Gasteiger partial charge < -0.3 is 16.4 Å². The molecule has 0 saturated carbocycles. The number of fused-ring (bicyclic) bond motifs is 1. The van der Waals surface area contributed by atoms with Crippen LogP contribution in [0.4, 0.5) is 11.8 Å². The number of thiophene rings is 1. The maximum absolute atomic E-state index is 11.7. The van der Waals surface area contributed by atoms with E-state index < -0.39 is 0 Å². The highest BCUT2D eigenvalue weighted by Crippen LogP contribution is 2.28. The molecule has 0 bridgehead atoms. The molecule has 0 aliphatic rings. The van der Waals surface area contributed by atoms with Crippen molar-refractivity contribution in [3.05, 3.63) is 10.9 Å². The van der Waals surface area contributed by atoms with Crippen LogP contribution in [-0.4, -0.2) is 29.0 Å². The van der Waals surface area contributed by atoms with Crippen molar-refractivity contribution in [3.8, 4) is 0 Å². The van der Waals surface area contributed by atoms with Gasteiger partial charge in [0.2, 0.25) is 11.9 Å². The molecule has 4 N–H and O–H groups in total. The number of amides is 1. The number of nitrogens with one attached hydrogen (secondary N) is 2. The Morgan fingerprint density at radius 1 is 1.45 bits per heavy atom. The van der Waals surface area contributed by atoms with Crippen molar-refractivity contribution in [1.82, 2.24) is 15.3 Å². The minimum atomic E-state index is -0.0593. The van der Waals surface area contributed by atoms with Crippen LogP contribution in [0, 0.1) is 12.8 Å². The third kappa shape index (κ3) is 3.57. The van der Waals surface area contributed by atoms with E-state index in [9.17, 15) is 4.79 Å². The molecule has 0 fully saturated rings. The van der Waals surface area contributed by atoms with Crippen molar-refractivity contribution in [3.63, 3.8) is 0 Å². The van der Waals surface area contributed by atoms with E-state index in [0.717, 1.165) is 15.1 Å². The second-order valence-electron chi connectivity index (χ2n) is 5.06. The number of carbonyl (C=O) groups is 1. The second kappa shape index (κ2) is 6.04. The summed E-state index contributed by atoms with van der Waals surface area (Å²) < 4.78 is 0. The molecular weight excluding hydrogens is 274 g/mol. The Hall–Kier alpha value is -1.89. The molecule has 0 aliphatic heterocycles. The Bertz CT molecular complexity index is 622. The Labute approximate surface area is 121 Å². The molecule has 20 heavy (non-hydrogen) atoms. The highest BCUT2D eigenvalue weighted by atomic mass is 32.1. The number of nitrogen functional groups attached to an aromatic ring is 1. The van der Waals surface area contributed by atoms with Gasteiger partial charge in [0.25, 0.3) is 0 Å². The molecule has 0 unspecified atom stereocenters. The van der Waals surface area contributed by atoms with Crippen LogP contribution in [-0.2, 0) is 4.79 Å². The molecule has 108 valence electrons. The lowest BCUT2D eigenvalue weighted by Gasteiger charge is -2.09. The van der Waals surface area contributed by atoms with E-state index in [0.29, 0.717) is 18.3 Å². The normalized spacial score (nSPS) is 11.0. The van der Waals surface area contributed by atoms with Crippen LogP contribution >= 0.6 is 11.3 Å². The summed E-state index contributed by atoms with van der Waals surface area (Å²) in [5, 5.41) is 6.78. The van der Waals surface area contributed by atoms with Gasteiger partial charge in [-0.1, -0.05) is 13.8 Å². The molecule has 2 rings (SSSR count). The van der Waals surface area contributed by atoms with Crippen molar-refractivity contribution in [2.75, 3.05) is 24.1 Å². The summed E-state index contributed by atoms with van der Waals surface area (Å²) in [5.74, 6) is 1.19. The van der Waals surface area contributed by atoms with Gasteiger partial charge in [-0.25, -0.2) is 4.98 Å². The minimum absolute atomic E-state index is 0.0593. The van der Waals surface area contributed by atoms with Crippen molar-refractivity contribution in [2.24, 2.45) is 5.92 Å². The number of nitrogens with two attached hydrogens (primary N) is 1. The molecule has 0 spiro atoms. The molecule has 6 nitrogen and oxygen atoms in total. The Morgan fingerprint density at radius 3 is 2.90 bits per heavy atom. The van der Waals surface area contributed by atoms with Crippen LogP contribution in [0.5, 0.6) is 0 Å².